The van der Waals surface area contributed by atoms with E-state index in [1.54, 1.807) is 18.3 Å². The van der Waals surface area contributed by atoms with Crippen LogP contribution in [0.1, 0.15) is 48.8 Å². The second kappa shape index (κ2) is 9.17. The van der Waals surface area contributed by atoms with Crippen molar-refractivity contribution in [3.05, 3.63) is 47.9 Å². The minimum absolute atomic E-state index is 0.139. The molecule has 138 valence electrons. The molecule has 6 heteroatoms. The molecular formula is C20H26N4O2. The second-order valence-corrected chi connectivity index (χ2v) is 6.43. The molecule has 1 saturated heterocycles. The number of rotatable bonds is 8. The van der Waals surface area contributed by atoms with Crippen molar-refractivity contribution in [1.29, 1.82) is 0 Å². The molecule has 1 aliphatic heterocycles. The Morgan fingerprint density at radius 1 is 1.19 bits per heavy atom. The van der Waals surface area contributed by atoms with E-state index in [9.17, 15) is 4.79 Å². The first-order chi connectivity index (χ1) is 12.8. The Bertz CT molecular complexity index is 712. The zero-order valence-electron chi connectivity index (χ0n) is 15.3. The first-order valence-corrected chi connectivity index (χ1v) is 9.34. The lowest BCUT2D eigenvalue weighted by Gasteiger charge is -2.16. The molecule has 3 rings (SSSR count). The summed E-state index contributed by atoms with van der Waals surface area (Å²) in [5, 5.41) is 2.88. The van der Waals surface area contributed by atoms with Crippen LogP contribution in [-0.4, -0.2) is 35.6 Å². The standard InChI is InChI=1S/C20H26N4O2/c1-2-3-14-26-17-8-6-16(7-9-17)20(25)22-15-18-21-11-10-19(23-18)24-12-4-5-13-24/h6-11H,2-5,12-15H2,1H3,(H,22,25). The zero-order valence-corrected chi connectivity index (χ0v) is 15.3. The lowest BCUT2D eigenvalue weighted by molar-refractivity contribution is 0.0950. The first-order valence-electron chi connectivity index (χ1n) is 9.34. The van der Waals surface area contributed by atoms with Crippen molar-refractivity contribution in [2.45, 2.75) is 39.2 Å². The lowest BCUT2D eigenvalue weighted by Crippen LogP contribution is -2.25. The smallest absolute Gasteiger partial charge is 0.251 e. The van der Waals surface area contributed by atoms with Crippen molar-refractivity contribution < 1.29 is 9.53 Å². The molecule has 6 nitrogen and oxygen atoms in total. The van der Waals surface area contributed by atoms with Gasteiger partial charge in [0.25, 0.3) is 5.91 Å². The van der Waals surface area contributed by atoms with Crippen LogP contribution in [0.15, 0.2) is 36.5 Å². The van der Waals surface area contributed by atoms with Crippen molar-refractivity contribution in [3.8, 4) is 5.75 Å². The molecule has 1 N–H and O–H groups in total. The number of hydrogen-bond acceptors (Lipinski definition) is 5. The first kappa shape index (κ1) is 18.2. The number of hydrogen-bond donors (Lipinski definition) is 1. The summed E-state index contributed by atoms with van der Waals surface area (Å²) >= 11 is 0. The van der Waals surface area contributed by atoms with Crippen molar-refractivity contribution in [2.24, 2.45) is 0 Å². The number of carbonyl (C=O) groups excluding carboxylic acids is 1. The molecule has 1 amide bonds. The molecule has 0 atom stereocenters. The Morgan fingerprint density at radius 2 is 1.96 bits per heavy atom. The Balaban J connectivity index is 1.52. The van der Waals surface area contributed by atoms with Gasteiger partial charge in [-0.05, 0) is 49.6 Å². The van der Waals surface area contributed by atoms with Crippen LogP contribution in [0.3, 0.4) is 0 Å². The number of carbonyl (C=O) groups is 1. The maximum Gasteiger partial charge on any atom is 0.251 e. The number of amides is 1. The van der Waals surface area contributed by atoms with Gasteiger partial charge in [-0.3, -0.25) is 4.79 Å². The van der Waals surface area contributed by atoms with E-state index in [0.29, 0.717) is 24.5 Å². The number of unbranched alkanes of at least 4 members (excludes halogenated alkanes) is 1. The van der Waals surface area contributed by atoms with Crippen molar-refractivity contribution >= 4 is 11.7 Å². The van der Waals surface area contributed by atoms with Gasteiger partial charge in [0.1, 0.15) is 17.4 Å². The van der Waals surface area contributed by atoms with Gasteiger partial charge in [0.05, 0.1) is 13.2 Å². The van der Waals surface area contributed by atoms with Gasteiger partial charge in [-0.25, -0.2) is 9.97 Å². The van der Waals surface area contributed by atoms with Crippen LogP contribution >= 0.6 is 0 Å². The highest BCUT2D eigenvalue weighted by molar-refractivity contribution is 5.94. The number of ether oxygens (including phenoxy) is 1. The SMILES string of the molecule is CCCCOc1ccc(C(=O)NCc2nccc(N3CCCC3)n2)cc1. The van der Waals surface area contributed by atoms with E-state index in [1.165, 1.54) is 12.8 Å². The van der Waals surface area contributed by atoms with Gasteiger partial charge >= 0.3 is 0 Å². The van der Waals surface area contributed by atoms with Crippen LogP contribution < -0.4 is 15.0 Å². The Labute approximate surface area is 154 Å². The molecule has 1 aliphatic rings. The third kappa shape index (κ3) is 4.94. The predicted octanol–water partition coefficient (Wildman–Crippen LogP) is 3.19. The van der Waals surface area contributed by atoms with Gasteiger partial charge in [0.2, 0.25) is 0 Å². The maximum atomic E-state index is 12.3. The van der Waals surface area contributed by atoms with Crippen molar-refractivity contribution in [2.75, 3.05) is 24.6 Å². The summed E-state index contributed by atoms with van der Waals surface area (Å²) in [7, 11) is 0. The van der Waals surface area contributed by atoms with Gasteiger partial charge in [-0.15, -0.1) is 0 Å². The second-order valence-electron chi connectivity index (χ2n) is 6.43. The van der Waals surface area contributed by atoms with E-state index >= 15 is 0 Å². The largest absolute Gasteiger partial charge is 0.494 e. The highest BCUT2D eigenvalue weighted by atomic mass is 16.5. The van der Waals surface area contributed by atoms with E-state index in [0.717, 1.165) is 37.5 Å². The molecule has 2 aromatic rings. The van der Waals surface area contributed by atoms with Gasteiger partial charge < -0.3 is 15.0 Å². The van der Waals surface area contributed by atoms with Crippen molar-refractivity contribution in [1.82, 2.24) is 15.3 Å². The summed E-state index contributed by atoms with van der Waals surface area (Å²) < 4.78 is 5.62. The van der Waals surface area contributed by atoms with E-state index < -0.39 is 0 Å². The molecule has 0 aliphatic carbocycles. The average molecular weight is 354 g/mol. The van der Waals surface area contributed by atoms with Crippen LogP contribution in [0.5, 0.6) is 5.75 Å². The molecule has 26 heavy (non-hydrogen) atoms. The van der Waals surface area contributed by atoms with Crippen molar-refractivity contribution in [3.63, 3.8) is 0 Å². The fourth-order valence-corrected chi connectivity index (χ4v) is 2.89. The van der Waals surface area contributed by atoms with Gasteiger partial charge in [0.15, 0.2) is 0 Å². The van der Waals surface area contributed by atoms with E-state index in [4.69, 9.17) is 4.74 Å². The minimum Gasteiger partial charge on any atom is -0.494 e. The van der Waals surface area contributed by atoms with E-state index in [2.05, 4.69) is 27.1 Å². The number of nitrogens with zero attached hydrogens (tertiary/aromatic N) is 3. The fourth-order valence-electron chi connectivity index (χ4n) is 2.89. The van der Waals surface area contributed by atoms with Crippen LogP contribution in [-0.2, 0) is 6.54 Å². The number of benzene rings is 1. The molecule has 0 spiro atoms. The van der Waals surface area contributed by atoms with Crippen LogP contribution in [0.2, 0.25) is 0 Å². The molecular weight excluding hydrogens is 328 g/mol. The third-order valence-electron chi connectivity index (χ3n) is 4.41. The monoisotopic (exact) mass is 354 g/mol. The van der Waals surface area contributed by atoms with Gasteiger partial charge in [-0.2, -0.15) is 0 Å². The normalized spacial score (nSPS) is 13.7. The van der Waals surface area contributed by atoms with E-state index in [-0.39, 0.29) is 5.91 Å². The predicted molar refractivity (Wildman–Crippen MR) is 101 cm³/mol. The van der Waals surface area contributed by atoms with Crippen LogP contribution in [0, 0.1) is 0 Å². The lowest BCUT2D eigenvalue weighted by atomic mass is 10.2. The quantitative estimate of drug-likeness (QED) is 0.738. The van der Waals surface area contributed by atoms with Gasteiger partial charge in [-0.1, -0.05) is 13.3 Å². The highest BCUT2D eigenvalue weighted by Gasteiger charge is 2.14. The summed E-state index contributed by atoms with van der Waals surface area (Å²) in [5.74, 6) is 2.22. The summed E-state index contributed by atoms with van der Waals surface area (Å²) in [6, 6.07) is 9.13. The summed E-state index contributed by atoms with van der Waals surface area (Å²) in [5.41, 5.74) is 0.600. The number of aromatic nitrogens is 2. The summed E-state index contributed by atoms with van der Waals surface area (Å²) in [4.78, 5) is 23.4. The number of anilines is 1. The number of nitrogens with one attached hydrogen (secondary N) is 1. The molecule has 0 bridgehead atoms. The maximum absolute atomic E-state index is 12.3. The van der Waals surface area contributed by atoms with Crippen LogP contribution in [0.25, 0.3) is 0 Å². The average Bonchev–Trinajstić information content (AvgIpc) is 3.22. The Kier molecular flexibility index (Phi) is 6.41. The Morgan fingerprint density at radius 3 is 2.69 bits per heavy atom. The molecule has 0 unspecified atom stereocenters. The third-order valence-corrected chi connectivity index (χ3v) is 4.41. The topological polar surface area (TPSA) is 67.3 Å². The summed E-state index contributed by atoms with van der Waals surface area (Å²) in [6.45, 7) is 5.22. The zero-order chi connectivity index (χ0) is 18.2. The molecule has 1 fully saturated rings. The minimum atomic E-state index is -0.139. The molecule has 0 saturated carbocycles. The molecule has 1 aromatic heterocycles. The van der Waals surface area contributed by atoms with E-state index in [1.807, 2.05) is 18.2 Å². The fraction of sp³-hybridized carbons (Fsp3) is 0.450. The Hall–Kier alpha value is -2.63. The van der Waals surface area contributed by atoms with Crippen LogP contribution in [0.4, 0.5) is 5.82 Å². The molecule has 0 radical (unpaired) electrons. The molecule has 2 heterocycles. The highest BCUT2D eigenvalue weighted by Crippen LogP contribution is 2.17. The molecule has 1 aromatic carbocycles. The van der Waals surface area contributed by atoms with Gasteiger partial charge in [0, 0.05) is 24.8 Å². The summed E-state index contributed by atoms with van der Waals surface area (Å²) in [6.07, 6.45) is 6.29.